The van der Waals surface area contributed by atoms with E-state index in [4.69, 9.17) is 5.11 Å². The topological polar surface area (TPSA) is 55.1 Å². The van der Waals surface area contributed by atoms with Gasteiger partial charge in [-0.15, -0.1) is 0 Å². The average Bonchev–Trinajstić information content (AvgIpc) is 2.81. The van der Waals surface area contributed by atoms with Crippen molar-refractivity contribution in [3.8, 4) is 0 Å². The Hall–Kier alpha value is -0.360. The number of hydrogen-bond donors (Lipinski definition) is 1. The molecule has 19 heavy (non-hydrogen) atoms. The van der Waals surface area contributed by atoms with Gasteiger partial charge in [0.1, 0.15) is 0 Å². The Labute approximate surface area is 159 Å². The first-order valence-electron chi connectivity index (χ1n) is 5.20. The van der Waals surface area contributed by atoms with Crippen LogP contribution in [0.4, 0.5) is 0 Å². The third kappa shape index (κ3) is 6.56. The number of carbonyl (C=O) groups is 1. The second-order valence-electron chi connectivity index (χ2n) is 3.65. The molecule has 0 spiro atoms. The maximum absolute atomic E-state index is 10.4. The van der Waals surface area contributed by atoms with E-state index in [1.54, 1.807) is 18.6 Å². The fourth-order valence-electron chi connectivity index (χ4n) is 1.49. The summed E-state index contributed by atoms with van der Waals surface area (Å²) in [7, 11) is 0. The number of carboxylic acids is 1. The Kier molecular flexibility index (Phi) is 9.35. The first-order chi connectivity index (χ1) is 8.24. The van der Waals surface area contributed by atoms with E-state index in [1.165, 1.54) is 0 Å². The van der Waals surface area contributed by atoms with Gasteiger partial charge in [0, 0.05) is 25.0 Å². The van der Waals surface area contributed by atoms with Crippen molar-refractivity contribution in [3.05, 3.63) is 60.2 Å². The molecule has 1 N–H and O–H groups in total. The van der Waals surface area contributed by atoms with Gasteiger partial charge in [0.25, 0.3) is 0 Å². The predicted molar refractivity (Wildman–Crippen MR) is 66.7 cm³/mol. The number of imidazole rings is 1. The molecule has 6 heteroatoms. The molecule has 0 saturated carbocycles. The molecule has 0 fully saturated rings. The van der Waals surface area contributed by atoms with Gasteiger partial charge in [-0.3, -0.25) is 0 Å². The molecule has 4 nitrogen and oxygen atoms in total. The van der Waals surface area contributed by atoms with E-state index < -0.39 is 5.97 Å². The van der Waals surface area contributed by atoms with Crippen molar-refractivity contribution in [2.75, 3.05) is 0 Å². The smallest absolute Gasteiger partial charge is 1.00 e. The largest absolute Gasteiger partial charge is 1.00 e. The predicted octanol–water partition coefficient (Wildman–Crippen LogP) is -3.74. The van der Waals surface area contributed by atoms with Crippen molar-refractivity contribution >= 4 is 12.0 Å². The van der Waals surface area contributed by atoms with E-state index in [-0.39, 0.29) is 62.0 Å². The zero-order chi connectivity index (χ0) is 12.1. The van der Waals surface area contributed by atoms with Crippen molar-refractivity contribution < 1.29 is 71.9 Å². The van der Waals surface area contributed by atoms with Crippen LogP contribution in [0.5, 0.6) is 0 Å². The maximum Gasteiger partial charge on any atom is 1.00 e. The first kappa shape index (κ1) is 18.6. The van der Waals surface area contributed by atoms with Crippen LogP contribution in [0.1, 0.15) is 14.0 Å². The second kappa shape index (κ2) is 9.53. The third-order valence-electron chi connectivity index (χ3n) is 2.32. The molecular formula is C13H14N2Na2O2. The Balaban J connectivity index is -0.000000810. The van der Waals surface area contributed by atoms with Gasteiger partial charge in [-0.25, -0.2) is 9.78 Å². The molecule has 1 aromatic heterocycles. The van der Waals surface area contributed by atoms with Gasteiger partial charge in [-0.2, -0.15) is 0 Å². The summed E-state index contributed by atoms with van der Waals surface area (Å²) in [6.45, 7) is 0.767. The molecule has 0 saturated heterocycles. The number of carboxylic acid groups (broad SMARTS) is 1. The summed E-state index contributed by atoms with van der Waals surface area (Å²) in [5.41, 5.74) is 2.03. The van der Waals surface area contributed by atoms with Gasteiger partial charge in [0.05, 0.1) is 6.33 Å². The van der Waals surface area contributed by atoms with Crippen LogP contribution in [0.3, 0.4) is 0 Å². The number of rotatable bonds is 4. The molecule has 0 atom stereocenters. The van der Waals surface area contributed by atoms with Crippen molar-refractivity contribution in [1.82, 2.24) is 9.55 Å². The van der Waals surface area contributed by atoms with E-state index in [9.17, 15) is 4.79 Å². The fraction of sp³-hybridized carbons (Fsp3) is 0.0769. The molecule has 2 rings (SSSR count). The fourth-order valence-corrected chi connectivity index (χ4v) is 1.49. The van der Waals surface area contributed by atoms with Crippen LogP contribution < -0.4 is 59.1 Å². The van der Waals surface area contributed by atoms with Crippen molar-refractivity contribution in [2.24, 2.45) is 0 Å². The number of benzene rings is 1. The molecule has 0 amide bonds. The van der Waals surface area contributed by atoms with Crippen LogP contribution >= 0.6 is 0 Å². The van der Waals surface area contributed by atoms with E-state index >= 15 is 0 Å². The summed E-state index contributed by atoms with van der Waals surface area (Å²) in [6, 6.07) is 7.74. The maximum atomic E-state index is 10.4. The van der Waals surface area contributed by atoms with Crippen LogP contribution in [-0.4, -0.2) is 20.6 Å². The van der Waals surface area contributed by atoms with Gasteiger partial charge >= 0.3 is 65.1 Å². The van der Waals surface area contributed by atoms with Gasteiger partial charge in [-0.1, -0.05) is 24.3 Å². The van der Waals surface area contributed by atoms with Gasteiger partial charge in [0.2, 0.25) is 0 Å². The van der Waals surface area contributed by atoms with Crippen LogP contribution in [0.25, 0.3) is 6.08 Å². The molecule has 2 aromatic rings. The molecule has 0 radical (unpaired) electrons. The van der Waals surface area contributed by atoms with Crippen molar-refractivity contribution in [2.45, 2.75) is 6.54 Å². The van der Waals surface area contributed by atoms with Gasteiger partial charge in [-0.05, 0) is 17.2 Å². The summed E-state index contributed by atoms with van der Waals surface area (Å²) in [4.78, 5) is 14.3. The Morgan fingerprint density at radius 3 is 2.53 bits per heavy atom. The summed E-state index contributed by atoms with van der Waals surface area (Å²) < 4.78 is 1.97. The average molecular weight is 276 g/mol. The van der Waals surface area contributed by atoms with E-state index in [0.29, 0.717) is 0 Å². The van der Waals surface area contributed by atoms with Crippen LogP contribution in [-0.2, 0) is 11.3 Å². The quantitative estimate of drug-likeness (QED) is 0.461. The number of aliphatic carboxylic acids is 1. The number of aromatic nitrogens is 2. The normalized spacial score (nSPS) is 9.68. The molecule has 90 valence electrons. The van der Waals surface area contributed by atoms with E-state index in [1.807, 2.05) is 35.0 Å². The van der Waals surface area contributed by atoms with Crippen LogP contribution in [0.15, 0.2) is 49.1 Å². The Morgan fingerprint density at radius 2 is 2.00 bits per heavy atom. The molecule has 0 aliphatic heterocycles. The number of hydrogen-bond acceptors (Lipinski definition) is 2. The van der Waals surface area contributed by atoms with E-state index in [0.717, 1.165) is 23.7 Å². The van der Waals surface area contributed by atoms with Gasteiger partial charge in [0.15, 0.2) is 0 Å². The molecule has 0 aliphatic rings. The Bertz CT molecular complexity index is 532. The molecule has 0 unspecified atom stereocenters. The molecule has 1 heterocycles. The zero-order valence-electron chi connectivity index (χ0n) is 13.2. The molecule has 0 aliphatic carbocycles. The third-order valence-corrected chi connectivity index (χ3v) is 2.32. The standard InChI is InChI=1S/C13H12N2O2.2Na.2H/c16-13(17)6-5-11-1-3-12(4-2-11)9-15-8-7-14-10-15;;;;/h1-8,10H,9H2,(H,16,17);;;;/q;2*+1;2*-1/b6-5+;;;;. The first-order valence-corrected chi connectivity index (χ1v) is 5.20. The minimum atomic E-state index is -0.938. The molecular weight excluding hydrogens is 262 g/mol. The monoisotopic (exact) mass is 276 g/mol. The Morgan fingerprint density at radius 1 is 1.32 bits per heavy atom. The summed E-state index contributed by atoms with van der Waals surface area (Å²) in [6.07, 6.45) is 8.11. The summed E-state index contributed by atoms with van der Waals surface area (Å²) >= 11 is 0. The number of nitrogens with zero attached hydrogens (tertiary/aromatic N) is 2. The SMILES string of the molecule is O=C(O)/C=C/c1ccc(Cn2ccnc2)cc1.[H-].[H-].[Na+].[Na+]. The van der Waals surface area contributed by atoms with E-state index in [2.05, 4.69) is 4.98 Å². The minimum absolute atomic E-state index is 0. The van der Waals surface area contributed by atoms with Gasteiger partial charge < -0.3 is 12.5 Å². The van der Waals surface area contributed by atoms with Crippen LogP contribution in [0, 0.1) is 0 Å². The molecule has 0 bridgehead atoms. The van der Waals surface area contributed by atoms with Crippen molar-refractivity contribution in [3.63, 3.8) is 0 Å². The zero-order valence-corrected chi connectivity index (χ0v) is 15.2. The molecule has 1 aromatic carbocycles. The van der Waals surface area contributed by atoms with Crippen molar-refractivity contribution in [1.29, 1.82) is 0 Å². The second-order valence-corrected chi connectivity index (χ2v) is 3.65. The van der Waals surface area contributed by atoms with Crippen LogP contribution in [0.2, 0.25) is 0 Å². The summed E-state index contributed by atoms with van der Waals surface area (Å²) in [5.74, 6) is -0.938. The summed E-state index contributed by atoms with van der Waals surface area (Å²) in [5, 5.41) is 8.50. The minimum Gasteiger partial charge on any atom is -1.00 e.